The van der Waals surface area contributed by atoms with E-state index in [1.807, 2.05) is 24.3 Å². The molecule has 1 N–H and O–H groups in total. The number of allylic oxidation sites excluding steroid dienone is 7. The van der Waals surface area contributed by atoms with Crippen molar-refractivity contribution >= 4 is 5.97 Å². The molecule has 0 radical (unpaired) electrons. The molecule has 0 atom stereocenters. The third kappa shape index (κ3) is 18.0. The van der Waals surface area contributed by atoms with Gasteiger partial charge in [0.2, 0.25) is 0 Å². The van der Waals surface area contributed by atoms with Crippen LogP contribution in [0.25, 0.3) is 0 Å². The van der Waals surface area contributed by atoms with E-state index in [0.717, 1.165) is 18.9 Å². The molecular formula is C20H28O2. The van der Waals surface area contributed by atoms with Gasteiger partial charge in [0.25, 0.3) is 0 Å². The molecule has 0 aliphatic heterocycles. The van der Waals surface area contributed by atoms with E-state index in [-0.39, 0.29) is 0 Å². The summed E-state index contributed by atoms with van der Waals surface area (Å²) in [6.45, 7) is 0. The number of unbranched alkanes of at least 4 members (excludes halogenated alkanes) is 8. The molecule has 0 bridgehead atoms. The molecule has 2 nitrogen and oxygen atoms in total. The first-order chi connectivity index (χ1) is 10.8. The van der Waals surface area contributed by atoms with Gasteiger partial charge in [-0.2, -0.15) is 0 Å². The predicted molar refractivity (Wildman–Crippen MR) is 94.6 cm³/mol. The van der Waals surface area contributed by atoms with Gasteiger partial charge in [-0.1, -0.05) is 74.6 Å². The standard InChI is InChI=1S/C20H28O2/c1-2-3-4-5-6-7-8-9-10-11-12-13-14-15-16-17-18-19-20(21)22/h1,12-19H,3-11H2,(H,21,22)/b13-12+,15-14+,17-16+,19-18+. The summed E-state index contributed by atoms with van der Waals surface area (Å²) < 4.78 is 0. The van der Waals surface area contributed by atoms with Gasteiger partial charge in [0.1, 0.15) is 0 Å². The number of terminal acetylenes is 1. The number of carbonyl (C=O) groups is 1. The van der Waals surface area contributed by atoms with Crippen molar-refractivity contribution in [3.8, 4) is 12.3 Å². The molecule has 0 rings (SSSR count). The second-order valence-electron chi connectivity index (χ2n) is 5.11. The average molecular weight is 300 g/mol. The highest BCUT2D eigenvalue weighted by molar-refractivity contribution is 5.80. The van der Waals surface area contributed by atoms with Crippen LogP contribution in [0.15, 0.2) is 48.6 Å². The third-order valence-electron chi connectivity index (χ3n) is 3.12. The van der Waals surface area contributed by atoms with Crippen LogP contribution in [0, 0.1) is 12.3 Å². The molecule has 0 spiro atoms. The van der Waals surface area contributed by atoms with Gasteiger partial charge in [-0.15, -0.1) is 12.3 Å². The molecule has 0 aromatic rings. The zero-order valence-electron chi connectivity index (χ0n) is 13.4. The van der Waals surface area contributed by atoms with Crippen LogP contribution in [0.3, 0.4) is 0 Å². The number of carboxylic acid groups (broad SMARTS) is 1. The van der Waals surface area contributed by atoms with Gasteiger partial charge in [-0.05, 0) is 19.3 Å². The largest absolute Gasteiger partial charge is 0.478 e. The van der Waals surface area contributed by atoms with Crippen molar-refractivity contribution in [1.82, 2.24) is 0 Å². The SMILES string of the molecule is C#CCCCCCCCCC/C=C/C=C/C=C/C=C/C(=O)O. The number of carboxylic acids is 1. The van der Waals surface area contributed by atoms with Crippen LogP contribution < -0.4 is 0 Å². The van der Waals surface area contributed by atoms with Crippen molar-refractivity contribution in [1.29, 1.82) is 0 Å². The first-order valence-electron chi connectivity index (χ1n) is 8.10. The monoisotopic (exact) mass is 300 g/mol. The third-order valence-corrected chi connectivity index (χ3v) is 3.12. The maximum atomic E-state index is 10.2. The van der Waals surface area contributed by atoms with E-state index in [9.17, 15) is 4.79 Å². The summed E-state index contributed by atoms with van der Waals surface area (Å²) in [5.74, 6) is 1.75. The quantitative estimate of drug-likeness (QED) is 0.213. The van der Waals surface area contributed by atoms with E-state index in [4.69, 9.17) is 11.5 Å². The van der Waals surface area contributed by atoms with Crippen molar-refractivity contribution in [3.63, 3.8) is 0 Å². The Morgan fingerprint density at radius 1 is 0.818 bits per heavy atom. The van der Waals surface area contributed by atoms with Crippen LogP contribution in [0.5, 0.6) is 0 Å². The fourth-order valence-electron chi connectivity index (χ4n) is 1.94. The molecule has 0 saturated heterocycles. The van der Waals surface area contributed by atoms with E-state index in [0.29, 0.717) is 0 Å². The van der Waals surface area contributed by atoms with Gasteiger partial charge in [0.05, 0.1) is 0 Å². The lowest BCUT2D eigenvalue weighted by molar-refractivity contribution is -0.131. The summed E-state index contributed by atoms with van der Waals surface area (Å²) in [6, 6.07) is 0. The van der Waals surface area contributed by atoms with Gasteiger partial charge in [-0.3, -0.25) is 0 Å². The highest BCUT2D eigenvalue weighted by atomic mass is 16.4. The van der Waals surface area contributed by atoms with E-state index < -0.39 is 5.97 Å². The minimum atomic E-state index is -0.930. The van der Waals surface area contributed by atoms with Crippen LogP contribution in [-0.4, -0.2) is 11.1 Å². The first kappa shape index (κ1) is 20.0. The summed E-state index contributed by atoms with van der Waals surface area (Å²) in [5.41, 5.74) is 0. The number of hydrogen-bond donors (Lipinski definition) is 1. The second kappa shape index (κ2) is 17.0. The molecule has 120 valence electrons. The Hall–Kier alpha value is -2.01. The smallest absolute Gasteiger partial charge is 0.328 e. The summed E-state index contributed by atoms with van der Waals surface area (Å²) in [4.78, 5) is 10.2. The molecule has 0 aromatic carbocycles. The minimum absolute atomic E-state index is 0.920. The summed E-state index contributed by atoms with van der Waals surface area (Å²) in [6.07, 6.45) is 30.3. The maximum Gasteiger partial charge on any atom is 0.328 e. The van der Waals surface area contributed by atoms with Crippen molar-refractivity contribution in [2.24, 2.45) is 0 Å². The number of hydrogen-bond acceptors (Lipinski definition) is 1. The zero-order chi connectivity index (χ0) is 16.3. The van der Waals surface area contributed by atoms with Gasteiger partial charge in [-0.25, -0.2) is 4.79 Å². The number of aliphatic carboxylic acids is 1. The van der Waals surface area contributed by atoms with E-state index in [1.54, 1.807) is 6.08 Å². The van der Waals surface area contributed by atoms with Gasteiger partial charge in [0, 0.05) is 12.5 Å². The average Bonchev–Trinajstić information content (AvgIpc) is 2.50. The Labute approximate surface area is 135 Å². The van der Waals surface area contributed by atoms with Crippen molar-refractivity contribution in [2.75, 3.05) is 0 Å². The van der Waals surface area contributed by atoms with Crippen LogP contribution in [0.1, 0.15) is 57.8 Å². The molecule has 0 aromatic heterocycles. The molecule has 0 amide bonds. The maximum absolute atomic E-state index is 10.2. The highest BCUT2D eigenvalue weighted by Gasteiger charge is 1.90. The zero-order valence-corrected chi connectivity index (χ0v) is 13.4. The lowest BCUT2D eigenvalue weighted by Crippen LogP contribution is -1.84. The van der Waals surface area contributed by atoms with Gasteiger partial charge < -0.3 is 5.11 Å². The van der Waals surface area contributed by atoms with Gasteiger partial charge >= 0.3 is 5.97 Å². The number of rotatable bonds is 13. The summed E-state index contributed by atoms with van der Waals surface area (Å²) in [5, 5.41) is 8.38. The van der Waals surface area contributed by atoms with Crippen molar-refractivity contribution in [3.05, 3.63) is 48.6 Å². The van der Waals surface area contributed by atoms with E-state index in [2.05, 4.69) is 12.0 Å². The first-order valence-corrected chi connectivity index (χ1v) is 8.10. The molecule has 0 heterocycles. The molecule has 0 unspecified atom stereocenters. The van der Waals surface area contributed by atoms with Crippen LogP contribution in [0.4, 0.5) is 0 Å². The van der Waals surface area contributed by atoms with E-state index in [1.165, 1.54) is 51.0 Å². The predicted octanol–water partition coefficient (Wildman–Crippen LogP) is 5.44. The highest BCUT2D eigenvalue weighted by Crippen LogP contribution is 2.09. The van der Waals surface area contributed by atoms with Crippen LogP contribution in [0.2, 0.25) is 0 Å². The molecule has 0 saturated carbocycles. The molecule has 0 aliphatic rings. The summed E-state index contributed by atoms with van der Waals surface area (Å²) >= 11 is 0. The van der Waals surface area contributed by atoms with Crippen LogP contribution in [-0.2, 0) is 4.79 Å². The Balaban J connectivity index is 3.37. The Morgan fingerprint density at radius 2 is 1.36 bits per heavy atom. The fourth-order valence-corrected chi connectivity index (χ4v) is 1.94. The molecule has 2 heteroatoms. The lowest BCUT2D eigenvalue weighted by Gasteiger charge is -1.99. The van der Waals surface area contributed by atoms with Crippen molar-refractivity contribution in [2.45, 2.75) is 57.8 Å². The molecular weight excluding hydrogens is 272 g/mol. The van der Waals surface area contributed by atoms with Gasteiger partial charge in [0.15, 0.2) is 0 Å². The Kier molecular flexibility index (Phi) is 15.5. The second-order valence-corrected chi connectivity index (χ2v) is 5.11. The molecule has 22 heavy (non-hydrogen) atoms. The lowest BCUT2D eigenvalue weighted by atomic mass is 10.1. The topological polar surface area (TPSA) is 37.3 Å². The fraction of sp³-hybridized carbons (Fsp3) is 0.450. The van der Waals surface area contributed by atoms with Crippen molar-refractivity contribution < 1.29 is 9.90 Å². The Bertz CT molecular complexity index is 419. The molecule has 0 aliphatic carbocycles. The van der Waals surface area contributed by atoms with Crippen LogP contribution >= 0.6 is 0 Å². The minimum Gasteiger partial charge on any atom is -0.478 e. The summed E-state index contributed by atoms with van der Waals surface area (Å²) in [7, 11) is 0. The van der Waals surface area contributed by atoms with E-state index >= 15 is 0 Å². The molecule has 0 fully saturated rings. The normalized spacial score (nSPS) is 12.0. The Morgan fingerprint density at radius 3 is 2.00 bits per heavy atom.